The van der Waals surface area contributed by atoms with Crippen LogP contribution in [-0.4, -0.2) is 6.04 Å². The van der Waals surface area contributed by atoms with Gasteiger partial charge in [0.2, 0.25) is 0 Å². The van der Waals surface area contributed by atoms with E-state index >= 15 is 0 Å². The van der Waals surface area contributed by atoms with E-state index in [1.807, 2.05) is 0 Å². The van der Waals surface area contributed by atoms with Crippen molar-refractivity contribution in [2.75, 3.05) is 19.6 Å². The summed E-state index contributed by atoms with van der Waals surface area (Å²) in [5.41, 5.74) is 15.9. The fraction of sp³-hybridized carbons (Fsp3) is 0.103. The van der Waals surface area contributed by atoms with Gasteiger partial charge in [-0.25, -0.2) is 0 Å². The van der Waals surface area contributed by atoms with E-state index in [0.29, 0.717) is 5.92 Å². The summed E-state index contributed by atoms with van der Waals surface area (Å²) in [7, 11) is 0. The van der Waals surface area contributed by atoms with E-state index in [4.69, 9.17) is 0 Å². The lowest BCUT2D eigenvalue weighted by Crippen LogP contribution is -2.35. The Morgan fingerprint density at radius 1 is 0.290 bits per heavy atom. The second-order valence-electron chi connectivity index (χ2n) is 16.2. The number of hydrogen-bond donors (Lipinski definition) is 0. The number of allylic oxidation sites excluding steroid dienone is 2. The number of nitrogens with zero attached hydrogens (tertiary/aromatic N) is 4. The molecule has 0 spiro atoms. The van der Waals surface area contributed by atoms with E-state index in [1.54, 1.807) is 0 Å². The molecule has 1 aliphatic rings. The van der Waals surface area contributed by atoms with Crippen molar-refractivity contribution >= 4 is 62.6 Å². The van der Waals surface area contributed by atoms with Gasteiger partial charge in [0.1, 0.15) is 0 Å². The van der Waals surface area contributed by atoms with E-state index < -0.39 is 0 Å². The molecule has 0 saturated heterocycles. The number of benzene rings is 8. The van der Waals surface area contributed by atoms with Gasteiger partial charge in [-0.2, -0.15) is 0 Å². The summed E-state index contributed by atoms with van der Waals surface area (Å²) in [6.45, 7) is 8.76. The van der Waals surface area contributed by atoms with E-state index in [9.17, 15) is 0 Å². The van der Waals surface area contributed by atoms with Crippen molar-refractivity contribution in [3.05, 3.63) is 247 Å². The smallest absolute Gasteiger partial charge is 0.0585 e. The molecule has 0 N–H and O–H groups in total. The molecule has 1 unspecified atom stereocenters. The average Bonchev–Trinajstić information content (AvgIpc) is 3.30. The molecule has 0 amide bonds. The largest absolute Gasteiger partial charge is 0.334 e. The Bertz CT molecular complexity index is 2660. The molecular formula is C58H52N4. The molecule has 8 aromatic rings. The number of para-hydroxylation sites is 2. The van der Waals surface area contributed by atoms with Gasteiger partial charge < -0.3 is 19.6 Å². The minimum Gasteiger partial charge on any atom is -0.334 e. The molecule has 0 aliphatic heterocycles. The highest BCUT2D eigenvalue weighted by molar-refractivity contribution is 5.84. The van der Waals surface area contributed by atoms with Crippen LogP contribution >= 0.6 is 0 Å². The fourth-order valence-electron chi connectivity index (χ4n) is 8.59. The molecule has 0 saturated carbocycles. The summed E-state index contributed by atoms with van der Waals surface area (Å²) >= 11 is 0. The fourth-order valence-corrected chi connectivity index (χ4v) is 8.59. The van der Waals surface area contributed by atoms with Crippen molar-refractivity contribution in [2.24, 2.45) is 5.92 Å². The lowest BCUT2D eigenvalue weighted by Gasteiger charge is -2.36. The van der Waals surface area contributed by atoms with Crippen LogP contribution in [0.2, 0.25) is 0 Å². The first-order valence-electron chi connectivity index (χ1n) is 21.5. The van der Waals surface area contributed by atoms with Crippen molar-refractivity contribution in [3.63, 3.8) is 0 Å². The first kappa shape index (κ1) is 39.9. The van der Waals surface area contributed by atoms with Gasteiger partial charge in [-0.15, -0.1) is 0 Å². The molecule has 4 nitrogen and oxygen atoms in total. The third-order valence-electron chi connectivity index (χ3n) is 11.6. The first-order valence-corrected chi connectivity index (χ1v) is 21.5. The van der Waals surface area contributed by atoms with Crippen LogP contribution in [0.25, 0.3) is 0 Å². The topological polar surface area (TPSA) is 13.0 Å². The third kappa shape index (κ3) is 8.54. The summed E-state index contributed by atoms with van der Waals surface area (Å²) < 4.78 is 0. The van der Waals surface area contributed by atoms with E-state index in [0.717, 1.165) is 56.9 Å². The maximum Gasteiger partial charge on any atom is 0.0585 e. The molecule has 0 fully saturated rings. The van der Waals surface area contributed by atoms with Crippen molar-refractivity contribution in [2.45, 2.75) is 33.7 Å². The van der Waals surface area contributed by atoms with Gasteiger partial charge >= 0.3 is 0 Å². The number of hydrogen-bond acceptors (Lipinski definition) is 4. The maximum absolute atomic E-state index is 2.47. The summed E-state index contributed by atoms with van der Waals surface area (Å²) in [5.74, 6) is 0.347. The zero-order valence-electron chi connectivity index (χ0n) is 35.9. The highest BCUT2D eigenvalue weighted by Crippen LogP contribution is 2.43. The molecule has 4 heteroatoms. The minimum absolute atomic E-state index is 0.186. The molecule has 9 rings (SSSR count). The standard InChI is InChI=1S/C58H52N4/c1-43-16-13-24-55(40-43)60(47-20-7-5-8-21-47)52-32-28-49(29-33-52)59(50-30-34-53(35-31-50)61(48-22-9-6-10-23-48)56-25-14-17-44(2)41-56)51-36-38-54(39-37-51)62(57-26-15-18-45(3)42-57)58-27-12-11-19-46(58)4/h5-42,46,58H,1-4H3/t46?,58-/m0/s1. The highest BCUT2D eigenvalue weighted by Gasteiger charge is 2.25. The zero-order valence-corrected chi connectivity index (χ0v) is 35.9. The van der Waals surface area contributed by atoms with Crippen molar-refractivity contribution < 1.29 is 0 Å². The number of aryl methyl sites for hydroxylation is 3. The lowest BCUT2D eigenvalue weighted by molar-refractivity contribution is 0.609. The summed E-state index contributed by atoms with van der Waals surface area (Å²) in [5, 5.41) is 0. The Morgan fingerprint density at radius 3 is 0.984 bits per heavy atom. The van der Waals surface area contributed by atoms with Gasteiger partial charge in [0.05, 0.1) is 6.04 Å². The summed E-state index contributed by atoms with van der Waals surface area (Å²) in [6.07, 6.45) is 8.95. The van der Waals surface area contributed by atoms with Crippen LogP contribution in [0.3, 0.4) is 0 Å². The second-order valence-corrected chi connectivity index (χ2v) is 16.2. The number of rotatable bonds is 12. The Balaban J connectivity index is 1.13. The van der Waals surface area contributed by atoms with Gasteiger partial charge in [0, 0.05) is 62.6 Å². The Morgan fingerprint density at radius 2 is 0.597 bits per heavy atom. The molecule has 0 radical (unpaired) electrons. The quantitative estimate of drug-likeness (QED) is 0.122. The van der Waals surface area contributed by atoms with E-state index in [1.165, 1.54) is 22.4 Å². The SMILES string of the molecule is Cc1cccc(N(c2ccccc2)c2ccc(N(c3ccc(N(c4ccccc4)c4cccc(C)c4)cc3)c3ccc(N(c4cccc(C)c4)[C@H]4C=CC=CC4C)cc3)cc2)c1. The lowest BCUT2D eigenvalue weighted by atomic mass is 9.94. The molecule has 0 bridgehead atoms. The van der Waals surface area contributed by atoms with Crippen molar-refractivity contribution in [1.29, 1.82) is 0 Å². The van der Waals surface area contributed by atoms with Gasteiger partial charge in [0.15, 0.2) is 0 Å². The Hall–Kier alpha value is -7.56. The molecular weight excluding hydrogens is 753 g/mol. The Kier molecular flexibility index (Phi) is 11.6. The zero-order chi connectivity index (χ0) is 42.4. The highest BCUT2D eigenvalue weighted by atomic mass is 15.2. The molecule has 8 aromatic carbocycles. The number of anilines is 11. The van der Waals surface area contributed by atoms with Crippen LogP contribution in [0.5, 0.6) is 0 Å². The molecule has 304 valence electrons. The van der Waals surface area contributed by atoms with Gasteiger partial charge in [-0.1, -0.05) is 104 Å². The van der Waals surface area contributed by atoms with Crippen molar-refractivity contribution in [1.82, 2.24) is 0 Å². The van der Waals surface area contributed by atoms with Crippen molar-refractivity contribution in [3.8, 4) is 0 Å². The molecule has 1 aliphatic carbocycles. The minimum atomic E-state index is 0.186. The van der Waals surface area contributed by atoms with Gasteiger partial charge in [0.25, 0.3) is 0 Å². The van der Waals surface area contributed by atoms with Crippen LogP contribution in [-0.2, 0) is 0 Å². The molecule has 0 aromatic heterocycles. The van der Waals surface area contributed by atoms with Crippen LogP contribution < -0.4 is 19.6 Å². The maximum atomic E-state index is 2.47. The van der Waals surface area contributed by atoms with E-state index in [2.05, 4.69) is 278 Å². The monoisotopic (exact) mass is 804 g/mol. The predicted octanol–water partition coefficient (Wildman–Crippen LogP) is 16.3. The molecule has 0 heterocycles. The Labute approximate surface area is 367 Å². The van der Waals surface area contributed by atoms with Crippen LogP contribution in [0.4, 0.5) is 62.6 Å². The van der Waals surface area contributed by atoms with E-state index in [-0.39, 0.29) is 6.04 Å². The van der Waals surface area contributed by atoms with Gasteiger partial charge in [-0.05, 0) is 177 Å². The van der Waals surface area contributed by atoms with Gasteiger partial charge in [-0.3, -0.25) is 0 Å². The normalized spacial score (nSPS) is 14.3. The average molecular weight is 805 g/mol. The predicted molar refractivity (Wildman–Crippen MR) is 265 cm³/mol. The first-order chi connectivity index (χ1) is 30.4. The summed E-state index contributed by atoms with van der Waals surface area (Å²) in [4.78, 5) is 9.48. The third-order valence-corrected chi connectivity index (χ3v) is 11.6. The summed E-state index contributed by atoms with van der Waals surface area (Å²) in [6, 6.07) is 74.6. The van der Waals surface area contributed by atoms with Crippen LogP contribution in [0, 0.1) is 26.7 Å². The second kappa shape index (κ2) is 18.0. The molecule has 2 atom stereocenters. The van der Waals surface area contributed by atoms with Crippen LogP contribution in [0.1, 0.15) is 23.6 Å². The van der Waals surface area contributed by atoms with Crippen LogP contribution in [0.15, 0.2) is 231 Å². The molecule has 62 heavy (non-hydrogen) atoms.